The Labute approximate surface area is 240 Å². The second-order valence-electron chi connectivity index (χ2n) is 10.9. The lowest BCUT2D eigenvalue weighted by molar-refractivity contribution is -0.384. The van der Waals surface area contributed by atoms with Crippen molar-refractivity contribution in [2.45, 2.75) is 45.8 Å². The molecule has 2 heterocycles. The smallest absolute Gasteiger partial charge is 0.420 e. The van der Waals surface area contributed by atoms with E-state index in [1.165, 1.54) is 34.9 Å². The summed E-state index contributed by atoms with van der Waals surface area (Å²) in [5.74, 6) is 5.83. The highest BCUT2D eigenvalue weighted by atomic mass is 35.5. The predicted molar refractivity (Wildman–Crippen MR) is 152 cm³/mol. The molecule has 0 saturated carbocycles. The molecule has 0 saturated heterocycles. The lowest BCUT2D eigenvalue weighted by Crippen LogP contribution is -2.32. The van der Waals surface area contributed by atoms with Crippen LogP contribution in [0.25, 0.3) is 22.6 Å². The van der Waals surface area contributed by atoms with Crippen molar-refractivity contribution in [3.8, 4) is 40.2 Å². The van der Waals surface area contributed by atoms with Gasteiger partial charge in [-0.1, -0.05) is 29.5 Å². The first-order chi connectivity index (χ1) is 19.2. The number of nitro groups is 1. The van der Waals surface area contributed by atoms with Crippen molar-refractivity contribution in [2.75, 3.05) is 0 Å². The molecule has 0 unspecified atom stereocenters. The molecule has 0 aliphatic carbocycles. The van der Waals surface area contributed by atoms with Gasteiger partial charge in [0, 0.05) is 28.8 Å². The fraction of sp³-hybridized carbons (Fsp3) is 0.226. The average molecular weight is 574 g/mol. The van der Waals surface area contributed by atoms with Gasteiger partial charge in [-0.3, -0.25) is 10.1 Å². The Morgan fingerprint density at radius 1 is 1.10 bits per heavy atom. The summed E-state index contributed by atoms with van der Waals surface area (Å²) in [6.45, 7) is 8.80. The maximum atomic E-state index is 15.1. The van der Waals surface area contributed by atoms with Crippen molar-refractivity contribution in [1.82, 2.24) is 9.55 Å². The standard InChI is InChI=1S/C31H25ClFN3O5/c1-30(2,3)41-29(37)35-26-21-16-13-19(10-9-18-11-14-20(15-12-18)36(38)39)17-24(21)40-31(4,5)27(26)34-28(35)25-22(32)7-6-8-23(25)33/h6-8,11-17H,1-5H3. The Morgan fingerprint density at radius 2 is 1.76 bits per heavy atom. The topological polar surface area (TPSA) is 96.5 Å². The van der Waals surface area contributed by atoms with Crippen LogP contribution in [0.4, 0.5) is 14.9 Å². The summed E-state index contributed by atoms with van der Waals surface area (Å²) < 4.78 is 28.4. The summed E-state index contributed by atoms with van der Waals surface area (Å²) in [5.41, 5.74) is 0.652. The van der Waals surface area contributed by atoms with Crippen LogP contribution in [0.1, 0.15) is 51.4 Å². The third kappa shape index (κ3) is 5.39. The van der Waals surface area contributed by atoms with Gasteiger partial charge < -0.3 is 9.47 Å². The van der Waals surface area contributed by atoms with E-state index < -0.39 is 28.0 Å². The summed E-state index contributed by atoms with van der Waals surface area (Å²) >= 11 is 6.41. The minimum absolute atomic E-state index is 0.00101. The zero-order valence-corrected chi connectivity index (χ0v) is 23.7. The van der Waals surface area contributed by atoms with Crippen molar-refractivity contribution >= 4 is 23.4 Å². The quantitative estimate of drug-likeness (QED) is 0.138. The number of imidazole rings is 1. The SMILES string of the molecule is CC(C)(C)OC(=O)n1c(-c2c(F)cccc2Cl)nc2c1-c1ccc(C#Cc3ccc([N+](=O)[O-])cc3)cc1OC2(C)C. The number of nitrogens with zero attached hydrogens (tertiary/aromatic N) is 3. The van der Waals surface area contributed by atoms with Crippen LogP contribution in [0.2, 0.25) is 5.02 Å². The Bertz CT molecular complexity index is 1760. The second-order valence-corrected chi connectivity index (χ2v) is 11.3. The molecular weight excluding hydrogens is 549 g/mol. The third-order valence-electron chi connectivity index (χ3n) is 6.24. The van der Waals surface area contributed by atoms with Crippen LogP contribution >= 0.6 is 11.6 Å². The van der Waals surface area contributed by atoms with Gasteiger partial charge >= 0.3 is 6.09 Å². The molecule has 1 aliphatic rings. The number of halogens is 2. The van der Waals surface area contributed by atoms with Crippen LogP contribution in [0.15, 0.2) is 60.7 Å². The number of nitro benzene ring substituents is 1. The molecular formula is C31H25ClFN3O5. The summed E-state index contributed by atoms with van der Waals surface area (Å²) in [7, 11) is 0. The van der Waals surface area contributed by atoms with Gasteiger partial charge in [0.15, 0.2) is 5.82 Å². The largest absolute Gasteiger partial charge is 0.481 e. The number of aromatic nitrogens is 2. The molecule has 0 fully saturated rings. The average Bonchev–Trinajstić information content (AvgIpc) is 3.28. The van der Waals surface area contributed by atoms with Crippen LogP contribution in [-0.2, 0) is 10.3 Å². The molecule has 0 N–H and O–H groups in total. The highest BCUT2D eigenvalue weighted by Crippen LogP contribution is 2.47. The first-order valence-electron chi connectivity index (χ1n) is 12.7. The van der Waals surface area contributed by atoms with Gasteiger partial charge in [-0.05, 0) is 77.1 Å². The second kappa shape index (κ2) is 10.1. The summed E-state index contributed by atoms with van der Waals surface area (Å²) in [6, 6.07) is 15.4. The number of benzene rings is 3. The molecule has 5 rings (SSSR count). The van der Waals surface area contributed by atoms with E-state index >= 15 is 4.39 Å². The summed E-state index contributed by atoms with van der Waals surface area (Å²) in [6.07, 6.45) is -0.744. The van der Waals surface area contributed by atoms with Crippen LogP contribution in [0.3, 0.4) is 0 Å². The molecule has 0 atom stereocenters. The number of hydrogen-bond acceptors (Lipinski definition) is 6. The molecule has 10 heteroatoms. The van der Waals surface area contributed by atoms with Crippen molar-refractivity contribution in [1.29, 1.82) is 0 Å². The number of carbonyl (C=O) groups is 1. The van der Waals surface area contributed by atoms with Crippen LogP contribution in [0.5, 0.6) is 5.75 Å². The lowest BCUT2D eigenvalue weighted by atomic mass is 9.94. The van der Waals surface area contributed by atoms with Crippen molar-refractivity contribution < 1.29 is 23.6 Å². The third-order valence-corrected chi connectivity index (χ3v) is 6.56. The number of carbonyl (C=O) groups excluding carboxylic acids is 1. The van der Waals surface area contributed by atoms with Crippen molar-refractivity contribution in [3.63, 3.8) is 0 Å². The van der Waals surface area contributed by atoms with E-state index in [0.29, 0.717) is 33.8 Å². The van der Waals surface area contributed by atoms with Gasteiger partial charge in [0.25, 0.3) is 5.69 Å². The molecule has 0 spiro atoms. The molecule has 3 aromatic carbocycles. The van der Waals surface area contributed by atoms with E-state index in [1.807, 2.05) is 0 Å². The monoisotopic (exact) mass is 573 g/mol. The van der Waals surface area contributed by atoms with Crippen molar-refractivity contribution in [2.24, 2.45) is 0 Å². The van der Waals surface area contributed by atoms with Gasteiger partial charge in [-0.2, -0.15) is 0 Å². The molecule has 0 bridgehead atoms. The van der Waals surface area contributed by atoms with Crippen molar-refractivity contribution in [3.05, 3.63) is 98.4 Å². The maximum absolute atomic E-state index is 15.1. The number of fused-ring (bicyclic) bond motifs is 3. The zero-order chi connectivity index (χ0) is 29.7. The highest BCUT2D eigenvalue weighted by molar-refractivity contribution is 6.33. The minimum atomic E-state index is -1.02. The highest BCUT2D eigenvalue weighted by Gasteiger charge is 2.41. The summed E-state index contributed by atoms with van der Waals surface area (Å²) in [4.78, 5) is 28.8. The van der Waals surface area contributed by atoms with E-state index in [4.69, 9.17) is 26.1 Å². The van der Waals surface area contributed by atoms with E-state index in [-0.39, 0.29) is 22.1 Å². The molecule has 8 nitrogen and oxygen atoms in total. The Kier molecular flexibility index (Phi) is 6.84. The molecule has 0 amide bonds. The Balaban J connectivity index is 1.67. The minimum Gasteiger partial charge on any atom is -0.481 e. The predicted octanol–water partition coefficient (Wildman–Crippen LogP) is 7.73. The van der Waals surface area contributed by atoms with Crippen LogP contribution < -0.4 is 4.74 Å². The summed E-state index contributed by atoms with van der Waals surface area (Å²) in [5, 5.41) is 11.0. The van der Waals surface area contributed by atoms with E-state index in [1.54, 1.807) is 65.0 Å². The lowest BCUT2D eigenvalue weighted by Gasteiger charge is -2.32. The fourth-order valence-electron chi connectivity index (χ4n) is 4.47. The van der Waals surface area contributed by atoms with E-state index in [9.17, 15) is 14.9 Å². The maximum Gasteiger partial charge on any atom is 0.420 e. The molecule has 4 aromatic rings. The van der Waals surface area contributed by atoms with E-state index in [0.717, 1.165) is 0 Å². The van der Waals surface area contributed by atoms with Crippen LogP contribution in [0, 0.1) is 27.8 Å². The Hall–Kier alpha value is -4.68. The fourth-order valence-corrected chi connectivity index (χ4v) is 4.71. The first kappa shape index (κ1) is 27.9. The molecule has 208 valence electrons. The van der Waals surface area contributed by atoms with Crippen LogP contribution in [-0.4, -0.2) is 26.2 Å². The van der Waals surface area contributed by atoms with Gasteiger partial charge in [-0.15, -0.1) is 0 Å². The number of ether oxygens (including phenoxy) is 2. The molecule has 1 aliphatic heterocycles. The van der Waals surface area contributed by atoms with Gasteiger partial charge in [0.1, 0.15) is 28.5 Å². The Morgan fingerprint density at radius 3 is 2.39 bits per heavy atom. The number of hydrogen-bond donors (Lipinski definition) is 0. The molecule has 0 radical (unpaired) electrons. The normalized spacial score (nSPS) is 13.2. The number of rotatable bonds is 2. The molecule has 1 aromatic heterocycles. The van der Waals surface area contributed by atoms with Gasteiger partial charge in [0.2, 0.25) is 0 Å². The molecule has 41 heavy (non-hydrogen) atoms. The number of non-ortho nitro benzene ring substituents is 1. The first-order valence-corrected chi connectivity index (χ1v) is 13.0. The zero-order valence-electron chi connectivity index (χ0n) is 22.9. The van der Waals surface area contributed by atoms with Gasteiger partial charge in [0.05, 0.1) is 21.2 Å². The van der Waals surface area contributed by atoms with Gasteiger partial charge in [-0.25, -0.2) is 18.7 Å². The van der Waals surface area contributed by atoms with E-state index in [2.05, 4.69) is 11.8 Å².